The molecule has 2 rings (SSSR count). The summed E-state index contributed by atoms with van der Waals surface area (Å²) < 4.78 is 34.0. The van der Waals surface area contributed by atoms with E-state index in [2.05, 4.69) is 50.3 Å². The summed E-state index contributed by atoms with van der Waals surface area (Å²) in [6, 6.07) is 0. The van der Waals surface area contributed by atoms with E-state index in [1.54, 1.807) is 0 Å². The van der Waals surface area contributed by atoms with Crippen LogP contribution in [0.5, 0.6) is 0 Å². The van der Waals surface area contributed by atoms with E-state index in [-0.39, 0.29) is 19.6 Å². The lowest BCUT2D eigenvalue weighted by Gasteiger charge is -2.42. The molecular formula is C45H80O14. The molecular weight excluding hydrogens is 764 g/mol. The maximum absolute atomic E-state index is 12.9. The summed E-state index contributed by atoms with van der Waals surface area (Å²) in [6.45, 7) is 3.56. The van der Waals surface area contributed by atoms with Gasteiger partial charge in [-0.25, -0.2) is 0 Å². The highest BCUT2D eigenvalue weighted by atomic mass is 16.7. The van der Waals surface area contributed by atoms with E-state index >= 15 is 0 Å². The Morgan fingerprint density at radius 1 is 0.559 bits per heavy atom. The molecule has 0 spiro atoms. The van der Waals surface area contributed by atoms with Crippen LogP contribution >= 0.6 is 0 Å². The molecule has 14 nitrogen and oxygen atoms in total. The van der Waals surface area contributed by atoms with Crippen molar-refractivity contribution in [1.82, 2.24) is 0 Å². The average Bonchev–Trinajstić information content (AvgIpc) is 3.23. The van der Waals surface area contributed by atoms with Crippen molar-refractivity contribution in [1.29, 1.82) is 0 Å². The predicted octanol–water partition coefficient (Wildman–Crippen LogP) is 5.07. The van der Waals surface area contributed by atoms with Gasteiger partial charge in [0.25, 0.3) is 0 Å². The lowest BCUT2D eigenvalue weighted by Crippen LogP contribution is -2.61. The average molecular weight is 845 g/mol. The molecule has 2 heterocycles. The summed E-state index contributed by atoms with van der Waals surface area (Å²) in [4.78, 5) is 12.9. The fourth-order valence-electron chi connectivity index (χ4n) is 6.88. The molecule has 0 bridgehead atoms. The second-order valence-electron chi connectivity index (χ2n) is 15.9. The number of esters is 1. The zero-order chi connectivity index (χ0) is 43.1. The number of aliphatic hydroxyl groups is 7. The molecule has 2 saturated heterocycles. The van der Waals surface area contributed by atoms with Gasteiger partial charge in [0.2, 0.25) is 0 Å². The normalized spacial score (nSPS) is 28.3. The minimum atomic E-state index is -1.71. The number of hydrogen-bond donors (Lipinski definition) is 7. The lowest BCUT2D eigenvalue weighted by atomic mass is 9.98. The number of aliphatic hydroxyl groups excluding tert-OH is 7. The molecule has 344 valence electrons. The Balaban J connectivity index is 1.76. The van der Waals surface area contributed by atoms with E-state index in [9.17, 15) is 40.5 Å². The maximum Gasteiger partial charge on any atom is 0.306 e. The minimum absolute atomic E-state index is 0.0552. The first-order valence-corrected chi connectivity index (χ1v) is 22.6. The molecule has 0 aromatic carbocycles. The maximum atomic E-state index is 12.9. The van der Waals surface area contributed by atoms with Crippen molar-refractivity contribution >= 4 is 5.97 Å². The third-order valence-electron chi connectivity index (χ3n) is 10.7. The molecule has 0 amide bonds. The zero-order valence-corrected chi connectivity index (χ0v) is 36.0. The van der Waals surface area contributed by atoms with E-state index < -0.39 is 86.7 Å². The summed E-state index contributed by atoms with van der Waals surface area (Å²) in [5, 5.41) is 71.7. The number of unbranched alkanes of at least 4 members (excludes halogenated alkanes) is 14. The van der Waals surface area contributed by atoms with Crippen LogP contribution in [0.1, 0.15) is 142 Å². The van der Waals surface area contributed by atoms with Crippen molar-refractivity contribution in [2.24, 2.45) is 0 Å². The van der Waals surface area contributed by atoms with Crippen molar-refractivity contribution < 1.29 is 69.0 Å². The van der Waals surface area contributed by atoms with Gasteiger partial charge < -0.3 is 64.2 Å². The number of carbonyl (C=O) groups excluding carboxylic acids is 1. The van der Waals surface area contributed by atoms with Gasteiger partial charge in [0.1, 0.15) is 54.9 Å². The molecule has 0 aromatic heterocycles. The van der Waals surface area contributed by atoms with Crippen molar-refractivity contribution in [3.05, 3.63) is 36.5 Å². The fraction of sp³-hybridized carbons (Fsp3) is 0.844. The largest absolute Gasteiger partial charge is 0.457 e. The van der Waals surface area contributed by atoms with Crippen molar-refractivity contribution in [3.63, 3.8) is 0 Å². The van der Waals surface area contributed by atoms with Gasteiger partial charge in [-0.15, -0.1) is 0 Å². The first-order chi connectivity index (χ1) is 28.6. The fourth-order valence-corrected chi connectivity index (χ4v) is 6.88. The number of allylic oxidation sites excluding steroid dienone is 6. The molecule has 0 radical (unpaired) electrons. The van der Waals surface area contributed by atoms with Gasteiger partial charge in [-0.05, 0) is 51.4 Å². The van der Waals surface area contributed by atoms with Crippen LogP contribution in [-0.4, -0.2) is 142 Å². The van der Waals surface area contributed by atoms with E-state index in [4.69, 9.17) is 28.4 Å². The summed E-state index contributed by atoms with van der Waals surface area (Å²) in [7, 11) is 0. The molecule has 2 aliphatic heterocycles. The summed E-state index contributed by atoms with van der Waals surface area (Å²) in [6.07, 6.45) is 18.1. The van der Waals surface area contributed by atoms with Gasteiger partial charge in [0, 0.05) is 13.0 Å². The summed E-state index contributed by atoms with van der Waals surface area (Å²) in [5.41, 5.74) is 0. The van der Waals surface area contributed by atoms with Crippen LogP contribution in [0.3, 0.4) is 0 Å². The minimum Gasteiger partial charge on any atom is -0.457 e. The standard InChI is InChI=1S/C45H80O14/c1-3-5-7-9-11-12-13-14-15-16-17-18-19-20-21-22-23-24-26-28-37(47)57-34(31-54-29-27-25-10-8-6-4-2)32-55-44-43(53)41(51)39(49)36(59-44)33-56-45-42(52)40(50)38(48)35(30-46)58-45/h11-12,14-15,17-18,34-36,38-46,48-53H,3-10,13,16,19-33H2,1-2H3/b12-11-,15-14-,18-17-. The Hall–Kier alpha value is -1.79. The number of rotatable bonds is 34. The molecule has 59 heavy (non-hydrogen) atoms. The van der Waals surface area contributed by atoms with Crippen LogP contribution in [0.15, 0.2) is 36.5 Å². The van der Waals surface area contributed by atoms with Gasteiger partial charge >= 0.3 is 5.97 Å². The van der Waals surface area contributed by atoms with Crippen LogP contribution in [0.2, 0.25) is 0 Å². The summed E-state index contributed by atoms with van der Waals surface area (Å²) in [5.74, 6) is -0.393. The number of carbonyl (C=O) groups is 1. The van der Waals surface area contributed by atoms with Crippen LogP contribution in [0.25, 0.3) is 0 Å². The van der Waals surface area contributed by atoms with Gasteiger partial charge in [0.05, 0.1) is 26.4 Å². The lowest BCUT2D eigenvalue weighted by molar-refractivity contribution is -0.332. The highest BCUT2D eigenvalue weighted by Gasteiger charge is 2.47. The Morgan fingerprint density at radius 3 is 1.68 bits per heavy atom. The molecule has 7 N–H and O–H groups in total. The third kappa shape index (κ3) is 22.8. The van der Waals surface area contributed by atoms with E-state index in [1.807, 2.05) is 0 Å². The molecule has 0 aliphatic carbocycles. The van der Waals surface area contributed by atoms with Gasteiger partial charge in [-0.2, -0.15) is 0 Å². The molecule has 11 unspecified atom stereocenters. The first kappa shape index (κ1) is 53.3. The van der Waals surface area contributed by atoms with Gasteiger partial charge in [-0.1, -0.05) is 121 Å². The van der Waals surface area contributed by atoms with Crippen LogP contribution in [-0.2, 0) is 33.2 Å². The highest BCUT2D eigenvalue weighted by Crippen LogP contribution is 2.26. The van der Waals surface area contributed by atoms with E-state index in [1.165, 1.54) is 44.9 Å². The second-order valence-corrected chi connectivity index (χ2v) is 15.9. The zero-order valence-electron chi connectivity index (χ0n) is 36.0. The van der Waals surface area contributed by atoms with Crippen LogP contribution in [0.4, 0.5) is 0 Å². The monoisotopic (exact) mass is 845 g/mol. The smallest absolute Gasteiger partial charge is 0.306 e. The topological polar surface area (TPSA) is 214 Å². The number of hydrogen-bond acceptors (Lipinski definition) is 14. The SMILES string of the molecule is CCCCC/C=C\C/C=C\C/C=C\CCCCCCCCC(=O)OC(COCCCCCCCC)COC1OC(COC2OC(CO)C(O)C(O)C2O)C(O)C(O)C1O. The predicted molar refractivity (Wildman–Crippen MR) is 224 cm³/mol. The third-order valence-corrected chi connectivity index (χ3v) is 10.7. The van der Waals surface area contributed by atoms with Crippen molar-refractivity contribution in [2.75, 3.05) is 33.0 Å². The second kappa shape index (κ2) is 33.8. The first-order valence-electron chi connectivity index (χ1n) is 22.6. The Morgan fingerprint density at radius 2 is 1.05 bits per heavy atom. The molecule has 0 aromatic rings. The quantitative estimate of drug-likeness (QED) is 0.0256. The Labute approximate surface area is 353 Å². The molecule has 14 heteroatoms. The Kier molecular flexibility index (Phi) is 30.6. The van der Waals surface area contributed by atoms with E-state index in [0.29, 0.717) is 13.0 Å². The highest BCUT2D eigenvalue weighted by molar-refractivity contribution is 5.69. The van der Waals surface area contributed by atoms with Crippen LogP contribution in [0, 0.1) is 0 Å². The van der Waals surface area contributed by atoms with Crippen molar-refractivity contribution in [2.45, 2.75) is 210 Å². The number of ether oxygens (including phenoxy) is 6. The van der Waals surface area contributed by atoms with Crippen LogP contribution < -0.4 is 0 Å². The molecule has 2 aliphatic rings. The molecule has 2 fully saturated rings. The van der Waals surface area contributed by atoms with Crippen molar-refractivity contribution in [3.8, 4) is 0 Å². The van der Waals surface area contributed by atoms with Gasteiger partial charge in [0.15, 0.2) is 12.6 Å². The molecule has 0 saturated carbocycles. The van der Waals surface area contributed by atoms with E-state index in [0.717, 1.165) is 70.6 Å². The summed E-state index contributed by atoms with van der Waals surface area (Å²) >= 11 is 0. The molecule has 11 atom stereocenters. The Bertz CT molecular complexity index is 1120. The van der Waals surface area contributed by atoms with Gasteiger partial charge in [-0.3, -0.25) is 4.79 Å².